The Kier molecular flexibility index (Phi) is 15.9. The molecule has 0 aliphatic carbocycles. The summed E-state index contributed by atoms with van der Waals surface area (Å²) in [6.45, 7) is 7.44. The molecule has 88 valence electrons. The largest absolute Gasteiger partial charge is 4.00 e. The molecule has 0 spiro atoms. The van der Waals surface area contributed by atoms with Gasteiger partial charge < -0.3 is 9.41 Å². The Balaban J connectivity index is -0.000000196. The van der Waals surface area contributed by atoms with Gasteiger partial charge >= 0.3 is 21.7 Å². The van der Waals surface area contributed by atoms with Crippen molar-refractivity contribution in [2.45, 2.75) is 0 Å². The first-order valence-electron chi connectivity index (χ1n) is 4.53. The maximum Gasteiger partial charge on any atom is 4.00 e. The molecule has 0 saturated heterocycles. The zero-order valence-electron chi connectivity index (χ0n) is 9.44. The van der Waals surface area contributed by atoms with Crippen LogP contribution < -0.4 is 9.41 Å². The Bertz CT molecular complexity index is 312. The van der Waals surface area contributed by atoms with Gasteiger partial charge in [-0.3, -0.25) is 0 Å². The molecule has 0 nitrogen and oxygen atoms in total. The second-order valence-electron chi connectivity index (χ2n) is 2.97. The maximum absolute atomic E-state index is 3.72. The van der Waals surface area contributed by atoms with Crippen molar-refractivity contribution in [3.05, 3.63) is 85.6 Å². The molecule has 0 aromatic heterocycles. The molecular weight excluding hydrogens is 254 g/mol. The van der Waals surface area contributed by atoms with E-state index in [2.05, 4.69) is 13.8 Å². The molecule has 0 aliphatic heterocycles. The van der Waals surface area contributed by atoms with E-state index in [4.69, 9.17) is 0 Å². The van der Waals surface area contributed by atoms with E-state index in [1.165, 1.54) is 0 Å². The summed E-state index contributed by atoms with van der Waals surface area (Å²) in [7, 11) is 0. The van der Waals surface area contributed by atoms with Gasteiger partial charge in [0.25, 0.3) is 0 Å². The number of halogens is 2. The predicted molar refractivity (Wildman–Crippen MR) is 61.8 cm³/mol. The van der Waals surface area contributed by atoms with Gasteiger partial charge in [0.15, 0.2) is 0 Å². The van der Waals surface area contributed by atoms with E-state index in [0.717, 1.165) is 11.1 Å². The molecule has 17 heavy (non-hydrogen) atoms. The van der Waals surface area contributed by atoms with E-state index < -0.39 is 0 Å². The zero-order valence-corrected chi connectivity index (χ0v) is 11.0. The summed E-state index contributed by atoms with van der Waals surface area (Å²) in [6.07, 6.45) is 0. The fraction of sp³-hybridized carbons (Fsp3) is 0. The molecule has 3 heteroatoms. The topological polar surface area (TPSA) is 0 Å². The minimum Gasteiger partial charge on any atom is -1.00 e. The van der Waals surface area contributed by atoms with Gasteiger partial charge in [-0.25, -0.2) is 0 Å². The first kappa shape index (κ1) is 21.1. The predicted octanol–water partition coefficient (Wildman–Crippen LogP) is -2.26. The Morgan fingerprint density at radius 2 is 0.765 bits per heavy atom. The molecule has 0 amide bonds. The number of benzene rings is 2. The van der Waals surface area contributed by atoms with Crippen molar-refractivity contribution in [3.63, 3.8) is 0 Å². The van der Waals surface area contributed by atoms with Gasteiger partial charge in [0.05, 0.1) is 0 Å². The van der Waals surface area contributed by atoms with Crippen molar-refractivity contribution < 1.29 is 31.1 Å². The minimum absolute atomic E-state index is 0. The molecule has 0 heterocycles. The third-order valence-corrected chi connectivity index (χ3v) is 1.69. The van der Waals surface area contributed by atoms with Crippen LogP contribution in [0.5, 0.6) is 0 Å². The van der Waals surface area contributed by atoms with Gasteiger partial charge in [-0.1, -0.05) is 12.1 Å². The van der Waals surface area contributed by atoms with Crippen molar-refractivity contribution in [1.82, 2.24) is 0 Å². The van der Waals surface area contributed by atoms with Gasteiger partial charge in [0.2, 0.25) is 0 Å². The fourth-order valence-corrected chi connectivity index (χ4v) is 0.956. The van der Waals surface area contributed by atoms with E-state index in [1.807, 2.05) is 60.7 Å². The van der Waals surface area contributed by atoms with Gasteiger partial charge in [-0.2, -0.15) is 49.2 Å². The first-order chi connectivity index (χ1) is 6.79. The van der Waals surface area contributed by atoms with E-state index in [9.17, 15) is 0 Å². The second-order valence-corrected chi connectivity index (χ2v) is 2.97. The Hall–Kier alpha value is -1.25. The van der Waals surface area contributed by atoms with Crippen LogP contribution in [0.2, 0.25) is 0 Å². The summed E-state index contributed by atoms with van der Waals surface area (Å²) in [5.74, 6) is 0. The van der Waals surface area contributed by atoms with Crippen LogP contribution in [-0.4, -0.2) is 0 Å². The van der Waals surface area contributed by atoms with E-state index >= 15 is 0 Å². The summed E-state index contributed by atoms with van der Waals surface area (Å²) in [6, 6.07) is 19.7. The van der Waals surface area contributed by atoms with Gasteiger partial charge in [0.1, 0.15) is 0 Å². The van der Waals surface area contributed by atoms with Crippen LogP contribution in [-0.2, 0) is 21.7 Å². The number of rotatable bonds is 0. The summed E-state index contributed by atoms with van der Waals surface area (Å²) < 4.78 is 0. The van der Waals surface area contributed by atoms with Gasteiger partial charge in [0, 0.05) is 0 Å². The molecule has 0 unspecified atom stereocenters. The van der Waals surface area contributed by atoms with E-state index in [0.29, 0.717) is 0 Å². The SMILES string of the molecule is [CH2-]c1ccccc1.[CH2-]c1ccccc1.[F-].[F-].[Ti+4]. The second kappa shape index (κ2) is 12.8. The van der Waals surface area contributed by atoms with E-state index in [-0.39, 0.29) is 31.1 Å². The van der Waals surface area contributed by atoms with Crippen molar-refractivity contribution >= 4 is 0 Å². The Labute approximate surface area is 117 Å². The average molecular weight is 268 g/mol. The fourth-order valence-electron chi connectivity index (χ4n) is 0.956. The smallest absolute Gasteiger partial charge is 1.00 e. The maximum atomic E-state index is 3.72. The van der Waals surface area contributed by atoms with Gasteiger partial charge in [-0.05, 0) is 0 Å². The van der Waals surface area contributed by atoms with Crippen LogP contribution in [0.4, 0.5) is 0 Å². The number of hydrogen-bond acceptors (Lipinski definition) is 0. The van der Waals surface area contributed by atoms with Crippen molar-refractivity contribution in [2.75, 3.05) is 0 Å². The molecule has 0 aliphatic rings. The molecule has 2 aromatic rings. The normalized spacial score (nSPS) is 7.06. The summed E-state index contributed by atoms with van der Waals surface area (Å²) in [5, 5.41) is 0. The summed E-state index contributed by atoms with van der Waals surface area (Å²) in [4.78, 5) is 0. The third kappa shape index (κ3) is 11.0. The van der Waals surface area contributed by atoms with Crippen LogP contribution >= 0.6 is 0 Å². The van der Waals surface area contributed by atoms with Crippen molar-refractivity contribution in [2.24, 2.45) is 0 Å². The molecule has 2 rings (SSSR count). The molecule has 0 N–H and O–H groups in total. The van der Waals surface area contributed by atoms with E-state index in [1.54, 1.807) is 0 Å². The molecular formula is C14H14F2Ti. The molecule has 0 fully saturated rings. The van der Waals surface area contributed by atoms with Crippen LogP contribution in [0, 0.1) is 13.8 Å². The van der Waals surface area contributed by atoms with Crippen LogP contribution in [0.15, 0.2) is 60.7 Å². The standard InChI is InChI=1S/2C7H7.2FH.Ti/c2*1-7-5-3-2-4-6-7;;;/h2*2-6H,1H2;2*1H;/q2*-1;;;+4/p-2. The van der Waals surface area contributed by atoms with Crippen molar-refractivity contribution in [1.29, 1.82) is 0 Å². The van der Waals surface area contributed by atoms with Gasteiger partial charge in [-0.15, -0.1) is 24.3 Å². The Morgan fingerprint density at radius 3 is 0.882 bits per heavy atom. The molecule has 0 bridgehead atoms. The van der Waals surface area contributed by atoms with Crippen molar-refractivity contribution in [3.8, 4) is 0 Å². The minimum atomic E-state index is 0. The zero-order chi connectivity index (χ0) is 10.2. The van der Waals surface area contributed by atoms with Crippen LogP contribution in [0.3, 0.4) is 0 Å². The first-order valence-corrected chi connectivity index (χ1v) is 4.53. The molecule has 0 atom stereocenters. The molecule has 0 radical (unpaired) electrons. The molecule has 0 saturated carbocycles. The average Bonchev–Trinajstić information content (AvgIpc) is 2.21. The number of hydrogen-bond donors (Lipinski definition) is 0. The third-order valence-electron chi connectivity index (χ3n) is 1.69. The Morgan fingerprint density at radius 1 is 0.529 bits per heavy atom. The summed E-state index contributed by atoms with van der Waals surface area (Å²) in [5.41, 5.74) is 2.14. The van der Waals surface area contributed by atoms with Crippen LogP contribution in [0.25, 0.3) is 0 Å². The van der Waals surface area contributed by atoms with Crippen LogP contribution in [0.1, 0.15) is 11.1 Å². The summed E-state index contributed by atoms with van der Waals surface area (Å²) >= 11 is 0. The molecule has 2 aromatic carbocycles. The quantitative estimate of drug-likeness (QED) is 0.374. The monoisotopic (exact) mass is 268 g/mol.